The van der Waals surface area contributed by atoms with Crippen molar-refractivity contribution in [3.63, 3.8) is 0 Å². The quantitative estimate of drug-likeness (QED) is 0.709. The van der Waals surface area contributed by atoms with Crippen LogP contribution in [0, 0.1) is 5.92 Å². The van der Waals surface area contributed by atoms with Crippen molar-refractivity contribution in [2.24, 2.45) is 13.0 Å². The van der Waals surface area contributed by atoms with Gasteiger partial charge in [-0.05, 0) is 31.8 Å². The van der Waals surface area contributed by atoms with Crippen LogP contribution in [0.5, 0.6) is 0 Å². The molecule has 0 spiro atoms. The SMILES string of the molecule is Cn1nc(N)nc1CCC1CCNC1. The fraction of sp³-hybridized carbons (Fsp3) is 0.778. The Morgan fingerprint density at radius 1 is 1.64 bits per heavy atom. The van der Waals surface area contributed by atoms with E-state index < -0.39 is 0 Å². The average Bonchev–Trinajstić information content (AvgIpc) is 2.72. The summed E-state index contributed by atoms with van der Waals surface area (Å²) in [6.45, 7) is 2.30. The lowest BCUT2D eigenvalue weighted by atomic mass is 10.0. The van der Waals surface area contributed by atoms with Gasteiger partial charge < -0.3 is 11.1 Å². The van der Waals surface area contributed by atoms with Gasteiger partial charge in [-0.25, -0.2) is 0 Å². The normalized spacial score (nSPS) is 21.6. The number of anilines is 1. The Hall–Kier alpha value is -1.10. The summed E-state index contributed by atoms with van der Waals surface area (Å²) < 4.78 is 1.78. The highest BCUT2D eigenvalue weighted by atomic mass is 15.4. The molecular weight excluding hydrogens is 178 g/mol. The third-order valence-electron chi connectivity index (χ3n) is 2.81. The van der Waals surface area contributed by atoms with Crippen molar-refractivity contribution in [1.29, 1.82) is 0 Å². The van der Waals surface area contributed by atoms with E-state index in [1.807, 2.05) is 7.05 Å². The molecule has 5 heteroatoms. The zero-order valence-corrected chi connectivity index (χ0v) is 8.53. The van der Waals surface area contributed by atoms with E-state index in [0.29, 0.717) is 5.95 Å². The number of nitrogens with two attached hydrogens (primary N) is 1. The van der Waals surface area contributed by atoms with Gasteiger partial charge in [-0.1, -0.05) is 0 Å². The van der Waals surface area contributed by atoms with E-state index in [9.17, 15) is 0 Å². The molecule has 1 atom stereocenters. The molecular formula is C9H17N5. The number of rotatable bonds is 3. The number of aromatic nitrogens is 3. The molecule has 1 aliphatic heterocycles. The van der Waals surface area contributed by atoms with Crippen LogP contribution in [0.15, 0.2) is 0 Å². The van der Waals surface area contributed by atoms with Crippen molar-refractivity contribution in [1.82, 2.24) is 20.1 Å². The molecule has 0 aliphatic carbocycles. The minimum Gasteiger partial charge on any atom is -0.366 e. The molecule has 0 radical (unpaired) electrons. The first kappa shape index (κ1) is 9.45. The van der Waals surface area contributed by atoms with Crippen LogP contribution in [0.2, 0.25) is 0 Å². The summed E-state index contributed by atoms with van der Waals surface area (Å²) >= 11 is 0. The maximum absolute atomic E-state index is 5.51. The molecule has 1 fully saturated rings. The van der Waals surface area contributed by atoms with E-state index in [-0.39, 0.29) is 0 Å². The molecule has 5 nitrogen and oxygen atoms in total. The third-order valence-corrected chi connectivity index (χ3v) is 2.81. The van der Waals surface area contributed by atoms with Crippen LogP contribution >= 0.6 is 0 Å². The molecule has 0 aromatic carbocycles. The highest BCUT2D eigenvalue weighted by Crippen LogP contribution is 2.14. The molecule has 2 heterocycles. The minimum absolute atomic E-state index is 0.382. The van der Waals surface area contributed by atoms with Gasteiger partial charge in [0.25, 0.3) is 0 Å². The first-order chi connectivity index (χ1) is 6.75. The van der Waals surface area contributed by atoms with Crippen LogP contribution in [0.4, 0.5) is 5.95 Å². The van der Waals surface area contributed by atoms with Crippen LogP contribution in [-0.4, -0.2) is 27.9 Å². The van der Waals surface area contributed by atoms with E-state index in [1.165, 1.54) is 12.8 Å². The molecule has 0 bridgehead atoms. The van der Waals surface area contributed by atoms with Gasteiger partial charge in [0.05, 0.1) is 0 Å². The van der Waals surface area contributed by atoms with Gasteiger partial charge >= 0.3 is 0 Å². The van der Waals surface area contributed by atoms with Crippen molar-refractivity contribution in [2.45, 2.75) is 19.3 Å². The van der Waals surface area contributed by atoms with Crippen LogP contribution in [0.3, 0.4) is 0 Å². The molecule has 2 rings (SSSR count). The van der Waals surface area contributed by atoms with E-state index in [0.717, 1.165) is 31.3 Å². The second-order valence-electron chi connectivity index (χ2n) is 3.91. The van der Waals surface area contributed by atoms with Gasteiger partial charge in [0.15, 0.2) is 0 Å². The van der Waals surface area contributed by atoms with Crippen molar-refractivity contribution in [2.75, 3.05) is 18.8 Å². The summed E-state index contributed by atoms with van der Waals surface area (Å²) in [5.74, 6) is 2.18. The molecule has 1 unspecified atom stereocenters. The van der Waals surface area contributed by atoms with Crippen LogP contribution < -0.4 is 11.1 Å². The average molecular weight is 195 g/mol. The summed E-state index contributed by atoms with van der Waals surface area (Å²) in [4.78, 5) is 4.18. The highest BCUT2D eigenvalue weighted by molar-refractivity contribution is 5.13. The second-order valence-corrected chi connectivity index (χ2v) is 3.91. The largest absolute Gasteiger partial charge is 0.366 e. The van der Waals surface area contributed by atoms with Gasteiger partial charge in [0.2, 0.25) is 5.95 Å². The number of hydrogen-bond acceptors (Lipinski definition) is 4. The zero-order valence-electron chi connectivity index (χ0n) is 8.53. The van der Waals surface area contributed by atoms with E-state index in [4.69, 9.17) is 5.73 Å². The number of aryl methyl sites for hydroxylation is 2. The molecule has 1 aromatic rings. The molecule has 3 N–H and O–H groups in total. The number of hydrogen-bond donors (Lipinski definition) is 2. The van der Waals surface area contributed by atoms with Gasteiger partial charge in [-0.15, -0.1) is 5.10 Å². The predicted octanol–water partition coefficient (Wildman–Crippen LogP) is -0.0606. The molecule has 1 aromatic heterocycles. The third kappa shape index (κ3) is 2.04. The maximum Gasteiger partial charge on any atom is 0.239 e. The summed E-state index contributed by atoms with van der Waals surface area (Å²) in [6, 6.07) is 0. The smallest absolute Gasteiger partial charge is 0.239 e. The van der Waals surface area contributed by atoms with Crippen molar-refractivity contribution >= 4 is 5.95 Å². The van der Waals surface area contributed by atoms with Crippen molar-refractivity contribution in [3.8, 4) is 0 Å². The van der Waals surface area contributed by atoms with Gasteiger partial charge in [0, 0.05) is 13.5 Å². The van der Waals surface area contributed by atoms with Gasteiger partial charge in [0.1, 0.15) is 5.82 Å². The predicted molar refractivity (Wildman–Crippen MR) is 54.7 cm³/mol. The van der Waals surface area contributed by atoms with Gasteiger partial charge in [-0.2, -0.15) is 4.98 Å². The lowest BCUT2D eigenvalue weighted by molar-refractivity contribution is 0.515. The van der Waals surface area contributed by atoms with Crippen LogP contribution in [0.1, 0.15) is 18.7 Å². The minimum atomic E-state index is 0.382. The van der Waals surface area contributed by atoms with Gasteiger partial charge in [-0.3, -0.25) is 4.68 Å². The molecule has 0 amide bonds. The molecule has 0 saturated carbocycles. The number of nitrogens with zero attached hydrogens (tertiary/aromatic N) is 3. The summed E-state index contributed by atoms with van der Waals surface area (Å²) in [7, 11) is 1.89. The fourth-order valence-electron chi connectivity index (χ4n) is 1.95. The van der Waals surface area contributed by atoms with E-state index >= 15 is 0 Å². The van der Waals surface area contributed by atoms with E-state index in [2.05, 4.69) is 15.4 Å². The maximum atomic E-state index is 5.51. The molecule has 1 saturated heterocycles. The Morgan fingerprint density at radius 3 is 3.07 bits per heavy atom. The Bertz CT molecular complexity index is 300. The summed E-state index contributed by atoms with van der Waals surface area (Å²) in [5.41, 5.74) is 5.51. The Balaban J connectivity index is 1.87. The zero-order chi connectivity index (χ0) is 9.97. The standard InChI is InChI=1S/C9H17N5/c1-14-8(12-9(10)13-14)3-2-7-4-5-11-6-7/h7,11H,2-6H2,1H3,(H2,10,13). The molecule has 78 valence electrons. The van der Waals surface area contributed by atoms with Crippen LogP contribution in [-0.2, 0) is 13.5 Å². The highest BCUT2D eigenvalue weighted by Gasteiger charge is 2.15. The van der Waals surface area contributed by atoms with Crippen LogP contribution in [0.25, 0.3) is 0 Å². The Morgan fingerprint density at radius 2 is 2.50 bits per heavy atom. The lowest BCUT2D eigenvalue weighted by Crippen LogP contribution is -2.10. The number of nitrogens with one attached hydrogen (secondary N) is 1. The van der Waals surface area contributed by atoms with Crippen molar-refractivity contribution < 1.29 is 0 Å². The monoisotopic (exact) mass is 195 g/mol. The Labute approximate surface area is 83.7 Å². The first-order valence-corrected chi connectivity index (χ1v) is 5.12. The summed E-state index contributed by atoms with van der Waals surface area (Å²) in [6.07, 6.45) is 3.44. The molecule has 1 aliphatic rings. The lowest BCUT2D eigenvalue weighted by Gasteiger charge is -2.06. The van der Waals surface area contributed by atoms with E-state index in [1.54, 1.807) is 4.68 Å². The number of nitrogen functional groups attached to an aromatic ring is 1. The fourth-order valence-corrected chi connectivity index (χ4v) is 1.95. The summed E-state index contributed by atoms with van der Waals surface area (Å²) in [5, 5.41) is 7.38. The first-order valence-electron chi connectivity index (χ1n) is 5.12. The second kappa shape index (κ2) is 3.96. The topological polar surface area (TPSA) is 68.8 Å². The Kier molecular flexibility index (Phi) is 2.67. The molecule has 14 heavy (non-hydrogen) atoms. The van der Waals surface area contributed by atoms with Crippen molar-refractivity contribution in [3.05, 3.63) is 5.82 Å².